The average molecular weight is 405 g/mol. The monoisotopic (exact) mass is 405 g/mol. The predicted octanol–water partition coefficient (Wildman–Crippen LogP) is 3.96. The van der Waals surface area contributed by atoms with Gasteiger partial charge in [-0.25, -0.2) is 12.8 Å². The van der Waals surface area contributed by atoms with Crippen LogP contribution in [0.1, 0.15) is 16.6 Å². The maximum atomic E-state index is 13.8. The molecule has 140 valence electrons. The molecule has 1 aromatic carbocycles. The summed E-state index contributed by atoms with van der Waals surface area (Å²) in [6.07, 6.45) is 1.67. The molecule has 0 bridgehead atoms. The van der Waals surface area contributed by atoms with Crippen LogP contribution < -0.4 is 10.0 Å². The Morgan fingerprint density at radius 3 is 2.67 bits per heavy atom. The molecule has 0 unspecified atom stereocenters. The summed E-state index contributed by atoms with van der Waals surface area (Å²) in [5.74, 6) is -1.23. The smallest absolute Gasteiger partial charge is 0.265 e. The molecule has 0 fully saturated rings. The third kappa shape index (κ3) is 4.89. The SMILES string of the molecule is CCS(=O)(=O)Nc1cc(F)cc(NC(=O)c2cc(-c3ccccn3)cs2)c1. The van der Waals surface area contributed by atoms with Crippen LogP contribution in [0.15, 0.2) is 54.0 Å². The zero-order valence-corrected chi connectivity index (χ0v) is 15.9. The van der Waals surface area contributed by atoms with Crippen LogP contribution in [0.3, 0.4) is 0 Å². The van der Waals surface area contributed by atoms with E-state index in [2.05, 4.69) is 15.0 Å². The first-order valence-corrected chi connectivity index (χ1v) is 10.5. The van der Waals surface area contributed by atoms with Gasteiger partial charge in [-0.2, -0.15) is 0 Å². The number of nitrogens with one attached hydrogen (secondary N) is 2. The molecule has 0 saturated heterocycles. The Hall–Kier alpha value is -2.78. The first kappa shape index (κ1) is 19.0. The van der Waals surface area contributed by atoms with Crippen LogP contribution in [0.25, 0.3) is 11.3 Å². The lowest BCUT2D eigenvalue weighted by molar-refractivity contribution is 0.103. The maximum Gasteiger partial charge on any atom is 0.265 e. The molecule has 2 aromatic heterocycles. The summed E-state index contributed by atoms with van der Waals surface area (Å²) in [5, 5.41) is 4.39. The van der Waals surface area contributed by atoms with Gasteiger partial charge in [0.05, 0.1) is 22.0 Å². The highest BCUT2D eigenvalue weighted by Crippen LogP contribution is 2.25. The van der Waals surface area contributed by atoms with Gasteiger partial charge >= 0.3 is 0 Å². The highest BCUT2D eigenvalue weighted by Gasteiger charge is 2.13. The molecule has 0 aliphatic rings. The van der Waals surface area contributed by atoms with E-state index in [4.69, 9.17) is 0 Å². The summed E-state index contributed by atoms with van der Waals surface area (Å²) in [4.78, 5) is 17.1. The zero-order chi connectivity index (χ0) is 19.4. The second-order valence-electron chi connectivity index (χ2n) is 5.60. The van der Waals surface area contributed by atoms with Crippen LogP contribution in [0.5, 0.6) is 0 Å². The van der Waals surface area contributed by atoms with E-state index in [9.17, 15) is 17.6 Å². The van der Waals surface area contributed by atoms with E-state index >= 15 is 0 Å². The number of pyridine rings is 1. The zero-order valence-electron chi connectivity index (χ0n) is 14.3. The average Bonchev–Trinajstić information content (AvgIpc) is 3.12. The van der Waals surface area contributed by atoms with E-state index in [0.29, 0.717) is 4.88 Å². The van der Waals surface area contributed by atoms with Gasteiger partial charge in [0.25, 0.3) is 5.91 Å². The molecule has 2 heterocycles. The van der Waals surface area contributed by atoms with Gasteiger partial charge in [-0.1, -0.05) is 6.07 Å². The standard InChI is InChI=1S/C18H16FN3O3S2/c1-2-27(24,25)22-15-9-13(19)8-14(10-15)21-18(23)17-7-12(11-26-17)16-5-3-4-6-20-16/h3-11,22H,2H2,1H3,(H,21,23). The topological polar surface area (TPSA) is 88.2 Å². The minimum Gasteiger partial charge on any atom is -0.321 e. The van der Waals surface area contributed by atoms with Crippen molar-refractivity contribution in [2.75, 3.05) is 15.8 Å². The fourth-order valence-corrected chi connectivity index (χ4v) is 3.71. The number of aromatic nitrogens is 1. The molecule has 3 aromatic rings. The van der Waals surface area contributed by atoms with E-state index in [1.807, 2.05) is 17.5 Å². The number of anilines is 2. The fraction of sp³-hybridized carbons (Fsp3) is 0.111. The van der Waals surface area contributed by atoms with Crippen molar-refractivity contribution >= 4 is 38.6 Å². The Labute approximate surface area is 160 Å². The van der Waals surface area contributed by atoms with Crippen molar-refractivity contribution in [3.05, 3.63) is 64.7 Å². The third-order valence-electron chi connectivity index (χ3n) is 3.59. The number of rotatable bonds is 6. The van der Waals surface area contributed by atoms with E-state index in [0.717, 1.165) is 23.4 Å². The summed E-state index contributed by atoms with van der Waals surface area (Å²) in [5.41, 5.74) is 1.75. The largest absolute Gasteiger partial charge is 0.321 e. The van der Waals surface area contributed by atoms with Crippen LogP contribution in [0.2, 0.25) is 0 Å². The number of hydrogen-bond acceptors (Lipinski definition) is 5. The van der Waals surface area contributed by atoms with Crippen LogP contribution >= 0.6 is 11.3 Å². The van der Waals surface area contributed by atoms with E-state index in [1.54, 1.807) is 18.3 Å². The van der Waals surface area contributed by atoms with Gasteiger partial charge in [-0.05, 0) is 43.3 Å². The van der Waals surface area contributed by atoms with Crippen molar-refractivity contribution in [2.45, 2.75) is 6.92 Å². The van der Waals surface area contributed by atoms with Crippen molar-refractivity contribution in [3.63, 3.8) is 0 Å². The molecule has 0 radical (unpaired) electrons. The van der Waals surface area contributed by atoms with Crippen molar-refractivity contribution in [3.8, 4) is 11.3 Å². The van der Waals surface area contributed by atoms with Gasteiger partial charge in [0.2, 0.25) is 10.0 Å². The normalized spacial score (nSPS) is 11.2. The number of nitrogens with zero attached hydrogens (tertiary/aromatic N) is 1. The molecule has 0 aliphatic heterocycles. The fourth-order valence-electron chi connectivity index (χ4n) is 2.29. The van der Waals surface area contributed by atoms with Gasteiger partial charge in [-0.15, -0.1) is 11.3 Å². The number of amides is 1. The number of thiophene rings is 1. The van der Waals surface area contributed by atoms with Crippen molar-refractivity contribution < 1.29 is 17.6 Å². The Morgan fingerprint density at radius 1 is 1.19 bits per heavy atom. The minimum atomic E-state index is -3.55. The molecule has 0 spiro atoms. The summed E-state index contributed by atoms with van der Waals surface area (Å²) in [6, 6.07) is 10.7. The van der Waals surface area contributed by atoms with Gasteiger partial charge < -0.3 is 5.32 Å². The van der Waals surface area contributed by atoms with Crippen LogP contribution in [0.4, 0.5) is 15.8 Å². The van der Waals surface area contributed by atoms with Gasteiger partial charge in [0.1, 0.15) is 5.82 Å². The van der Waals surface area contributed by atoms with Crippen LogP contribution in [0, 0.1) is 5.82 Å². The molecule has 6 nitrogen and oxygen atoms in total. The van der Waals surface area contributed by atoms with Crippen molar-refractivity contribution in [1.29, 1.82) is 0 Å². The lowest BCUT2D eigenvalue weighted by atomic mass is 10.2. The van der Waals surface area contributed by atoms with E-state index in [-0.39, 0.29) is 17.1 Å². The summed E-state index contributed by atoms with van der Waals surface area (Å²) < 4.78 is 39.4. The Morgan fingerprint density at radius 2 is 1.96 bits per heavy atom. The molecule has 27 heavy (non-hydrogen) atoms. The Bertz CT molecular complexity index is 1070. The van der Waals surface area contributed by atoms with Gasteiger partial charge in [0, 0.05) is 22.8 Å². The summed E-state index contributed by atoms with van der Waals surface area (Å²) in [7, 11) is -3.55. The molecule has 1 amide bonds. The Kier molecular flexibility index (Phi) is 5.52. The number of hydrogen-bond donors (Lipinski definition) is 2. The highest BCUT2D eigenvalue weighted by atomic mass is 32.2. The minimum absolute atomic E-state index is 0.0486. The lowest BCUT2D eigenvalue weighted by Gasteiger charge is -2.09. The van der Waals surface area contributed by atoms with Crippen molar-refractivity contribution in [1.82, 2.24) is 4.98 Å². The van der Waals surface area contributed by atoms with Gasteiger partial charge in [-0.3, -0.25) is 14.5 Å². The number of sulfonamides is 1. The predicted molar refractivity (Wildman–Crippen MR) is 105 cm³/mol. The molecular weight excluding hydrogens is 389 g/mol. The molecular formula is C18H16FN3O3S2. The van der Waals surface area contributed by atoms with Crippen LogP contribution in [-0.4, -0.2) is 25.1 Å². The first-order valence-electron chi connectivity index (χ1n) is 7.98. The van der Waals surface area contributed by atoms with E-state index < -0.39 is 21.7 Å². The molecule has 9 heteroatoms. The lowest BCUT2D eigenvalue weighted by Crippen LogP contribution is -2.15. The Balaban J connectivity index is 1.78. The van der Waals surface area contributed by atoms with Crippen LogP contribution in [-0.2, 0) is 10.0 Å². The summed E-state index contributed by atoms with van der Waals surface area (Å²) in [6.45, 7) is 1.47. The molecule has 0 aliphatic carbocycles. The molecule has 2 N–H and O–H groups in total. The van der Waals surface area contributed by atoms with Crippen molar-refractivity contribution in [2.24, 2.45) is 0 Å². The number of halogens is 1. The van der Waals surface area contributed by atoms with Gasteiger partial charge in [0.15, 0.2) is 0 Å². The third-order valence-corrected chi connectivity index (χ3v) is 5.83. The first-order chi connectivity index (χ1) is 12.9. The molecule has 3 rings (SSSR count). The second-order valence-corrected chi connectivity index (χ2v) is 8.53. The summed E-state index contributed by atoms with van der Waals surface area (Å²) >= 11 is 1.24. The molecule has 0 atom stereocenters. The second kappa shape index (κ2) is 7.85. The number of carbonyl (C=O) groups excluding carboxylic acids is 1. The highest BCUT2D eigenvalue weighted by molar-refractivity contribution is 7.92. The van der Waals surface area contributed by atoms with E-state index in [1.165, 1.54) is 24.3 Å². The molecule has 0 saturated carbocycles. The number of benzene rings is 1. The maximum absolute atomic E-state index is 13.8. The quantitative estimate of drug-likeness (QED) is 0.650. The number of carbonyl (C=O) groups is 1.